The molecule has 0 atom stereocenters. The van der Waals surface area contributed by atoms with Crippen LogP contribution in [-0.4, -0.2) is 38.2 Å². The standard InChI is InChI=1S/C18H23N5O3/c1-12-8-16(26-21-12)17(24)19-10-14-9-15-11-22(6-3-7-23(15)20-14)18(25)13-4-2-5-13/h8-9,13H,2-7,10-11H2,1H3,(H,19,24). The van der Waals surface area contributed by atoms with Crippen LogP contribution in [0.5, 0.6) is 0 Å². The third-order valence-corrected chi connectivity index (χ3v) is 5.11. The van der Waals surface area contributed by atoms with E-state index in [2.05, 4.69) is 15.6 Å². The van der Waals surface area contributed by atoms with Gasteiger partial charge in [-0.25, -0.2) is 0 Å². The predicted octanol–water partition coefficient (Wildman–Crippen LogP) is 1.64. The van der Waals surface area contributed by atoms with Gasteiger partial charge in [-0.05, 0) is 32.3 Å². The van der Waals surface area contributed by atoms with Crippen molar-refractivity contribution in [1.29, 1.82) is 0 Å². The highest BCUT2D eigenvalue weighted by molar-refractivity contribution is 5.91. The van der Waals surface area contributed by atoms with Crippen LogP contribution in [0, 0.1) is 12.8 Å². The monoisotopic (exact) mass is 357 g/mol. The van der Waals surface area contributed by atoms with Gasteiger partial charge in [0.25, 0.3) is 5.91 Å². The lowest BCUT2D eigenvalue weighted by molar-refractivity contribution is -0.138. The number of nitrogens with zero attached hydrogens (tertiary/aromatic N) is 4. The zero-order valence-corrected chi connectivity index (χ0v) is 14.9. The number of rotatable bonds is 4. The molecule has 2 aliphatic rings. The second kappa shape index (κ2) is 6.93. The van der Waals surface area contributed by atoms with Crippen LogP contribution in [0.3, 0.4) is 0 Å². The summed E-state index contributed by atoms with van der Waals surface area (Å²) in [6, 6.07) is 3.57. The first kappa shape index (κ1) is 16.8. The van der Waals surface area contributed by atoms with Crippen LogP contribution in [0.15, 0.2) is 16.7 Å². The molecule has 0 radical (unpaired) electrons. The van der Waals surface area contributed by atoms with Gasteiger partial charge in [0, 0.05) is 25.1 Å². The molecule has 1 fully saturated rings. The van der Waals surface area contributed by atoms with E-state index in [1.165, 1.54) is 0 Å². The van der Waals surface area contributed by atoms with Gasteiger partial charge in [-0.15, -0.1) is 0 Å². The number of carbonyl (C=O) groups is 2. The van der Waals surface area contributed by atoms with E-state index in [9.17, 15) is 9.59 Å². The minimum absolute atomic E-state index is 0.195. The van der Waals surface area contributed by atoms with Gasteiger partial charge >= 0.3 is 0 Å². The molecular weight excluding hydrogens is 334 g/mol. The molecule has 3 heterocycles. The summed E-state index contributed by atoms with van der Waals surface area (Å²) in [5, 5.41) is 11.1. The summed E-state index contributed by atoms with van der Waals surface area (Å²) in [7, 11) is 0. The van der Waals surface area contributed by atoms with E-state index in [4.69, 9.17) is 4.52 Å². The molecule has 0 spiro atoms. The lowest BCUT2D eigenvalue weighted by Gasteiger charge is -2.30. The first-order chi connectivity index (χ1) is 12.6. The average molecular weight is 357 g/mol. The Hall–Kier alpha value is -2.64. The van der Waals surface area contributed by atoms with E-state index in [1.54, 1.807) is 13.0 Å². The molecule has 4 rings (SSSR count). The summed E-state index contributed by atoms with van der Waals surface area (Å²) < 4.78 is 6.91. The number of fused-ring (bicyclic) bond motifs is 1. The second-order valence-electron chi connectivity index (χ2n) is 7.11. The molecule has 1 aliphatic carbocycles. The minimum Gasteiger partial charge on any atom is -0.351 e. The van der Waals surface area contributed by atoms with E-state index < -0.39 is 0 Å². The molecule has 8 nitrogen and oxygen atoms in total. The Morgan fingerprint density at radius 2 is 2.12 bits per heavy atom. The van der Waals surface area contributed by atoms with Crippen LogP contribution in [0.2, 0.25) is 0 Å². The molecule has 0 bridgehead atoms. The molecule has 26 heavy (non-hydrogen) atoms. The number of hydrogen-bond acceptors (Lipinski definition) is 5. The molecule has 1 aliphatic heterocycles. The Morgan fingerprint density at radius 1 is 1.27 bits per heavy atom. The molecule has 0 saturated heterocycles. The van der Waals surface area contributed by atoms with Gasteiger partial charge in [-0.3, -0.25) is 14.3 Å². The van der Waals surface area contributed by atoms with Crippen LogP contribution in [0.25, 0.3) is 0 Å². The number of carbonyl (C=O) groups excluding carboxylic acids is 2. The van der Waals surface area contributed by atoms with Gasteiger partial charge in [0.05, 0.1) is 30.2 Å². The van der Waals surface area contributed by atoms with Crippen molar-refractivity contribution in [2.24, 2.45) is 5.92 Å². The Bertz CT molecular complexity index is 821. The third kappa shape index (κ3) is 3.36. The largest absolute Gasteiger partial charge is 0.351 e. The fraction of sp³-hybridized carbons (Fsp3) is 0.556. The number of nitrogens with one attached hydrogen (secondary N) is 1. The van der Waals surface area contributed by atoms with E-state index in [1.807, 2.05) is 15.6 Å². The minimum atomic E-state index is -0.310. The molecule has 2 aromatic heterocycles. The normalized spacial score (nSPS) is 17.3. The highest BCUT2D eigenvalue weighted by atomic mass is 16.5. The van der Waals surface area contributed by atoms with E-state index in [0.29, 0.717) is 18.8 Å². The molecule has 2 aromatic rings. The lowest BCUT2D eigenvalue weighted by atomic mass is 9.84. The molecule has 1 saturated carbocycles. The van der Waals surface area contributed by atoms with Crippen molar-refractivity contribution in [2.75, 3.05) is 6.54 Å². The Balaban J connectivity index is 1.39. The maximum Gasteiger partial charge on any atom is 0.290 e. The summed E-state index contributed by atoms with van der Waals surface area (Å²) >= 11 is 0. The van der Waals surface area contributed by atoms with Crippen LogP contribution >= 0.6 is 0 Å². The van der Waals surface area contributed by atoms with E-state index in [0.717, 1.165) is 50.2 Å². The van der Waals surface area contributed by atoms with Crippen LogP contribution in [-0.2, 0) is 24.4 Å². The average Bonchev–Trinajstić information content (AvgIpc) is 3.11. The SMILES string of the molecule is Cc1cc(C(=O)NCc2cc3n(n2)CCCN(C(=O)C2CCC2)C3)on1. The number of aryl methyl sites for hydroxylation is 2. The molecule has 1 N–H and O–H groups in total. The predicted molar refractivity (Wildman–Crippen MR) is 92.0 cm³/mol. The molecule has 8 heteroatoms. The summed E-state index contributed by atoms with van der Waals surface area (Å²) in [5.74, 6) is 0.381. The molecule has 138 valence electrons. The molecule has 2 amide bonds. The quantitative estimate of drug-likeness (QED) is 0.898. The Kier molecular flexibility index (Phi) is 4.48. The summed E-state index contributed by atoms with van der Waals surface area (Å²) in [6.45, 7) is 4.25. The Morgan fingerprint density at radius 3 is 2.81 bits per heavy atom. The smallest absolute Gasteiger partial charge is 0.290 e. The van der Waals surface area contributed by atoms with Crippen molar-refractivity contribution >= 4 is 11.8 Å². The molecule has 0 aromatic carbocycles. The maximum absolute atomic E-state index is 12.5. The maximum atomic E-state index is 12.5. The lowest BCUT2D eigenvalue weighted by Crippen LogP contribution is -2.38. The molecule has 0 unspecified atom stereocenters. The number of amides is 2. The summed E-state index contributed by atoms with van der Waals surface area (Å²) in [6.07, 6.45) is 4.10. The van der Waals surface area contributed by atoms with Crippen molar-refractivity contribution in [2.45, 2.75) is 52.2 Å². The van der Waals surface area contributed by atoms with Gasteiger partial charge in [-0.2, -0.15) is 5.10 Å². The Labute approximate surface area is 151 Å². The van der Waals surface area contributed by atoms with Crippen LogP contribution in [0.4, 0.5) is 0 Å². The van der Waals surface area contributed by atoms with Crippen molar-refractivity contribution in [1.82, 2.24) is 25.2 Å². The topological polar surface area (TPSA) is 93.3 Å². The highest BCUT2D eigenvalue weighted by Crippen LogP contribution is 2.29. The van der Waals surface area contributed by atoms with Crippen molar-refractivity contribution < 1.29 is 14.1 Å². The van der Waals surface area contributed by atoms with Gasteiger partial charge in [0.15, 0.2) is 0 Å². The fourth-order valence-corrected chi connectivity index (χ4v) is 3.44. The van der Waals surface area contributed by atoms with Crippen molar-refractivity contribution in [3.8, 4) is 0 Å². The van der Waals surface area contributed by atoms with Crippen molar-refractivity contribution in [3.63, 3.8) is 0 Å². The summed E-state index contributed by atoms with van der Waals surface area (Å²) in [5.41, 5.74) is 2.47. The van der Waals surface area contributed by atoms with Crippen LogP contribution < -0.4 is 5.32 Å². The zero-order valence-electron chi connectivity index (χ0n) is 14.9. The number of aromatic nitrogens is 3. The zero-order chi connectivity index (χ0) is 18.1. The van der Waals surface area contributed by atoms with Crippen LogP contribution in [0.1, 0.15) is 53.3 Å². The van der Waals surface area contributed by atoms with Gasteiger partial charge in [-0.1, -0.05) is 11.6 Å². The molecular formula is C18H23N5O3. The first-order valence-corrected chi connectivity index (χ1v) is 9.16. The van der Waals surface area contributed by atoms with Crippen molar-refractivity contribution in [3.05, 3.63) is 35.0 Å². The first-order valence-electron chi connectivity index (χ1n) is 9.16. The number of hydrogen-bond donors (Lipinski definition) is 1. The van der Waals surface area contributed by atoms with E-state index in [-0.39, 0.29) is 23.5 Å². The highest BCUT2D eigenvalue weighted by Gasteiger charge is 2.30. The second-order valence-corrected chi connectivity index (χ2v) is 7.11. The van der Waals surface area contributed by atoms with E-state index >= 15 is 0 Å². The van der Waals surface area contributed by atoms with Gasteiger partial charge < -0.3 is 14.7 Å². The van der Waals surface area contributed by atoms with Gasteiger partial charge in [0.1, 0.15) is 0 Å². The van der Waals surface area contributed by atoms with Gasteiger partial charge in [0.2, 0.25) is 11.7 Å². The third-order valence-electron chi connectivity index (χ3n) is 5.11. The fourth-order valence-electron chi connectivity index (χ4n) is 3.44. The summed E-state index contributed by atoms with van der Waals surface area (Å²) in [4.78, 5) is 26.6.